The summed E-state index contributed by atoms with van der Waals surface area (Å²) in [5, 5.41) is 15.5. The monoisotopic (exact) mass is 362 g/mol. The van der Waals surface area contributed by atoms with Crippen molar-refractivity contribution in [3.63, 3.8) is 0 Å². The van der Waals surface area contributed by atoms with Crippen molar-refractivity contribution in [1.82, 2.24) is 4.98 Å². The fourth-order valence-corrected chi connectivity index (χ4v) is 3.27. The van der Waals surface area contributed by atoms with Crippen LogP contribution >= 0.6 is 0 Å². The molecule has 0 fully saturated rings. The SMILES string of the molecule is CC(C)(C)c1cc(CNc2cccc3cccnc23)c(O)c(C(C)(C)C)c1. The van der Waals surface area contributed by atoms with Crippen molar-refractivity contribution in [1.29, 1.82) is 0 Å². The maximum absolute atomic E-state index is 11.0. The molecular formula is C24H30N2O. The standard InChI is InChI=1S/C24H30N2O/c1-23(2,3)18-13-17(22(27)19(14-18)24(4,5)6)15-26-20-11-7-9-16-10-8-12-25-21(16)20/h7-14,26-27H,15H2,1-6H3. The average molecular weight is 363 g/mol. The molecule has 0 spiro atoms. The molecule has 0 saturated carbocycles. The third-order valence-corrected chi connectivity index (χ3v) is 4.96. The van der Waals surface area contributed by atoms with Gasteiger partial charge in [-0.15, -0.1) is 0 Å². The summed E-state index contributed by atoms with van der Waals surface area (Å²) in [4.78, 5) is 4.50. The van der Waals surface area contributed by atoms with E-state index in [4.69, 9.17) is 0 Å². The zero-order valence-electron chi connectivity index (χ0n) is 17.2. The van der Waals surface area contributed by atoms with Crippen LogP contribution in [0.4, 0.5) is 5.69 Å². The van der Waals surface area contributed by atoms with E-state index in [0.29, 0.717) is 12.3 Å². The van der Waals surface area contributed by atoms with E-state index in [9.17, 15) is 5.11 Å². The predicted octanol–water partition coefficient (Wildman–Crippen LogP) is 6.15. The second-order valence-electron chi connectivity index (χ2n) is 9.27. The van der Waals surface area contributed by atoms with Gasteiger partial charge in [0.25, 0.3) is 0 Å². The van der Waals surface area contributed by atoms with Gasteiger partial charge in [-0.1, -0.05) is 65.8 Å². The van der Waals surface area contributed by atoms with Crippen LogP contribution in [0.2, 0.25) is 0 Å². The Morgan fingerprint density at radius 1 is 0.926 bits per heavy atom. The van der Waals surface area contributed by atoms with Gasteiger partial charge in [0.15, 0.2) is 0 Å². The van der Waals surface area contributed by atoms with Crippen molar-refractivity contribution in [3.8, 4) is 5.75 Å². The molecule has 0 bridgehead atoms. The van der Waals surface area contributed by atoms with Crippen LogP contribution in [0.5, 0.6) is 5.75 Å². The van der Waals surface area contributed by atoms with Crippen molar-refractivity contribution in [3.05, 3.63) is 65.4 Å². The lowest BCUT2D eigenvalue weighted by molar-refractivity contribution is 0.439. The second kappa shape index (κ2) is 6.88. The molecule has 2 aromatic carbocycles. The first-order valence-corrected chi connectivity index (χ1v) is 9.52. The minimum Gasteiger partial charge on any atom is -0.507 e. The number of aromatic hydroxyl groups is 1. The zero-order chi connectivity index (χ0) is 19.8. The van der Waals surface area contributed by atoms with Crippen molar-refractivity contribution < 1.29 is 5.11 Å². The van der Waals surface area contributed by atoms with Gasteiger partial charge in [-0.25, -0.2) is 0 Å². The number of aromatic nitrogens is 1. The van der Waals surface area contributed by atoms with Gasteiger partial charge in [-0.3, -0.25) is 4.98 Å². The molecule has 3 heteroatoms. The molecule has 0 aliphatic carbocycles. The first kappa shape index (κ1) is 19.2. The number of phenolic OH excluding ortho intramolecular Hbond substituents is 1. The topological polar surface area (TPSA) is 45.2 Å². The fraction of sp³-hybridized carbons (Fsp3) is 0.375. The van der Waals surface area contributed by atoms with Crippen LogP contribution in [-0.4, -0.2) is 10.1 Å². The van der Waals surface area contributed by atoms with Gasteiger partial charge in [0.2, 0.25) is 0 Å². The number of fused-ring (bicyclic) bond motifs is 1. The second-order valence-corrected chi connectivity index (χ2v) is 9.27. The molecule has 3 aromatic rings. The Bertz CT molecular complexity index is 957. The van der Waals surface area contributed by atoms with E-state index in [-0.39, 0.29) is 10.8 Å². The molecule has 0 aliphatic heterocycles. The number of nitrogens with one attached hydrogen (secondary N) is 1. The number of anilines is 1. The Balaban J connectivity index is 2.01. The van der Waals surface area contributed by atoms with Gasteiger partial charge in [-0.2, -0.15) is 0 Å². The number of nitrogens with zero attached hydrogens (tertiary/aromatic N) is 1. The first-order chi connectivity index (χ1) is 12.6. The smallest absolute Gasteiger partial charge is 0.124 e. The molecule has 0 atom stereocenters. The lowest BCUT2D eigenvalue weighted by Gasteiger charge is -2.27. The number of hydrogen-bond donors (Lipinski definition) is 2. The summed E-state index contributed by atoms with van der Waals surface area (Å²) in [6, 6.07) is 14.4. The quantitative estimate of drug-likeness (QED) is 0.587. The van der Waals surface area contributed by atoms with Crippen LogP contribution in [-0.2, 0) is 17.4 Å². The summed E-state index contributed by atoms with van der Waals surface area (Å²) in [6.07, 6.45) is 1.81. The normalized spacial score (nSPS) is 12.4. The minimum atomic E-state index is -0.124. The molecule has 3 rings (SSSR count). The van der Waals surface area contributed by atoms with Crippen molar-refractivity contribution in [2.75, 3.05) is 5.32 Å². The summed E-state index contributed by atoms with van der Waals surface area (Å²) < 4.78 is 0. The Morgan fingerprint density at radius 2 is 1.63 bits per heavy atom. The molecule has 1 heterocycles. The lowest BCUT2D eigenvalue weighted by Crippen LogP contribution is -2.18. The minimum absolute atomic E-state index is 0.0173. The summed E-state index contributed by atoms with van der Waals surface area (Å²) in [7, 11) is 0. The molecule has 0 aliphatic rings. The third-order valence-electron chi connectivity index (χ3n) is 4.96. The third kappa shape index (κ3) is 4.08. The molecule has 3 nitrogen and oxygen atoms in total. The molecule has 0 amide bonds. The van der Waals surface area contributed by atoms with E-state index in [1.807, 2.05) is 24.4 Å². The number of hydrogen-bond acceptors (Lipinski definition) is 3. The van der Waals surface area contributed by atoms with Crippen LogP contribution < -0.4 is 5.32 Å². The Hall–Kier alpha value is -2.55. The molecular weight excluding hydrogens is 332 g/mol. The maximum Gasteiger partial charge on any atom is 0.124 e. The van der Waals surface area contributed by atoms with Crippen molar-refractivity contribution in [2.24, 2.45) is 0 Å². The highest BCUT2D eigenvalue weighted by atomic mass is 16.3. The van der Waals surface area contributed by atoms with Gasteiger partial charge < -0.3 is 10.4 Å². The number of phenols is 1. The Labute approximate surface area is 162 Å². The van der Waals surface area contributed by atoms with Gasteiger partial charge in [-0.05, 0) is 40.2 Å². The Morgan fingerprint density at radius 3 is 2.30 bits per heavy atom. The van der Waals surface area contributed by atoms with Crippen LogP contribution in [0.15, 0.2) is 48.7 Å². The summed E-state index contributed by atoms with van der Waals surface area (Å²) in [5.74, 6) is 0.385. The zero-order valence-corrected chi connectivity index (χ0v) is 17.2. The highest BCUT2D eigenvalue weighted by Crippen LogP contribution is 2.38. The predicted molar refractivity (Wildman–Crippen MR) is 115 cm³/mol. The summed E-state index contributed by atoms with van der Waals surface area (Å²) >= 11 is 0. The number of rotatable bonds is 3. The number of benzene rings is 2. The molecule has 0 radical (unpaired) electrons. The molecule has 0 saturated heterocycles. The van der Waals surface area contributed by atoms with E-state index < -0.39 is 0 Å². The van der Waals surface area contributed by atoms with E-state index in [1.165, 1.54) is 5.56 Å². The van der Waals surface area contributed by atoms with Crippen molar-refractivity contribution in [2.45, 2.75) is 58.9 Å². The van der Waals surface area contributed by atoms with E-state index >= 15 is 0 Å². The first-order valence-electron chi connectivity index (χ1n) is 9.52. The Kier molecular flexibility index (Phi) is 4.90. The van der Waals surface area contributed by atoms with Crippen molar-refractivity contribution >= 4 is 16.6 Å². The summed E-state index contributed by atoms with van der Waals surface area (Å²) in [6.45, 7) is 13.6. The molecule has 1 aromatic heterocycles. The number of para-hydroxylation sites is 1. The van der Waals surface area contributed by atoms with Crippen LogP contribution in [0.1, 0.15) is 58.2 Å². The highest BCUT2D eigenvalue weighted by molar-refractivity contribution is 5.90. The largest absolute Gasteiger partial charge is 0.507 e. The molecule has 2 N–H and O–H groups in total. The molecule has 142 valence electrons. The maximum atomic E-state index is 11.0. The van der Waals surface area contributed by atoms with E-state index in [0.717, 1.165) is 27.7 Å². The van der Waals surface area contributed by atoms with E-state index in [1.54, 1.807) is 0 Å². The summed E-state index contributed by atoms with van der Waals surface area (Å²) in [5.41, 5.74) is 4.96. The van der Waals surface area contributed by atoms with Crippen LogP contribution in [0.25, 0.3) is 10.9 Å². The number of pyridine rings is 1. The van der Waals surface area contributed by atoms with Gasteiger partial charge in [0.05, 0.1) is 11.2 Å². The highest BCUT2D eigenvalue weighted by Gasteiger charge is 2.24. The van der Waals surface area contributed by atoms with Gasteiger partial charge >= 0.3 is 0 Å². The lowest BCUT2D eigenvalue weighted by atomic mass is 9.79. The molecule has 0 unspecified atom stereocenters. The van der Waals surface area contributed by atoms with Gasteiger partial charge in [0, 0.05) is 23.7 Å². The fourth-order valence-electron chi connectivity index (χ4n) is 3.27. The average Bonchev–Trinajstić information content (AvgIpc) is 2.58. The van der Waals surface area contributed by atoms with Gasteiger partial charge in [0.1, 0.15) is 5.75 Å². The van der Waals surface area contributed by atoms with Crippen LogP contribution in [0, 0.1) is 0 Å². The van der Waals surface area contributed by atoms with E-state index in [2.05, 4.69) is 76.1 Å². The van der Waals surface area contributed by atoms with Crippen LogP contribution in [0.3, 0.4) is 0 Å². The molecule has 27 heavy (non-hydrogen) atoms.